The second-order valence-electron chi connectivity index (χ2n) is 10.5. The molecule has 2 heterocycles. The molecule has 8 nitrogen and oxygen atoms in total. The molecule has 0 radical (unpaired) electrons. The van der Waals surface area contributed by atoms with Crippen LogP contribution in [-0.4, -0.2) is 27.3 Å². The second-order valence-corrected chi connectivity index (χ2v) is 11.7. The van der Waals surface area contributed by atoms with E-state index in [0.717, 1.165) is 23.1 Å². The molecule has 2 aliphatic carbocycles. The van der Waals surface area contributed by atoms with Crippen LogP contribution >= 0.6 is 11.3 Å². The average Bonchev–Trinajstić information content (AvgIpc) is 3.54. The number of halogens is 2. The fourth-order valence-electron chi connectivity index (χ4n) is 4.85. The lowest BCUT2D eigenvalue weighted by Gasteiger charge is -2.26. The van der Waals surface area contributed by atoms with Gasteiger partial charge in [0.2, 0.25) is 5.43 Å². The minimum Gasteiger partial charge on any atom is -0.477 e. The number of aryl methyl sites for hydroxylation is 1. The van der Waals surface area contributed by atoms with E-state index in [0.29, 0.717) is 25.7 Å². The summed E-state index contributed by atoms with van der Waals surface area (Å²) < 4.78 is 38.6. The van der Waals surface area contributed by atoms with Gasteiger partial charge in [0.1, 0.15) is 11.2 Å². The highest BCUT2D eigenvalue weighted by atomic mass is 32.1. The molecular formula is C26H27F2N3O5S. The third-order valence-corrected chi connectivity index (χ3v) is 7.84. The minimum absolute atomic E-state index is 0.193. The first-order chi connectivity index (χ1) is 17.4. The van der Waals surface area contributed by atoms with Crippen molar-refractivity contribution in [2.75, 3.05) is 5.73 Å². The fraction of sp³-hybridized carbons (Fsp3) is 0.423. The number of nitrogens with one attached hydrogen (secondary N) is 1. The summed E-state index contributed by atoms with van der Waals surface area (Å²) in [5, 5.41) is 11.9. The predicted octanol–water partition coefficient (Wildman–Crippen LogP) is 5.53. The smallest absolute Gasteiger partial charge is 0.408 e. The van der Waals surface area contributed by atoms with Crippen LogP contribution in [-0.2, 0) is 11.2 Å². The maximum absolute atomic E-state index is 16.1. The largest absolute Gasteiger partial charge is 0.477 e. The number of carboxylic acid groups (broad SMARTS) is 1. The molecule has 3 aromatic rings. The summed E-state index contributed by atoms with van der Waals surface area (Å²) in [4.78, 5) is 38.1. The third-order valence-electron chi connectivity index (χ3n) is 6.61. The number of ether oxygens (including phenoxy) is 1. The van der Waals surface area contributed by atoms with Crippen molar-refractivity contribution in [3.8, 4) is 10.4 Å². The molecule has 2 aromatic heterocycles. The Morgan fingerprint density at radius 1 is 1.22 bits per heavy atom. The van der Waals surface area contributed by atoms with Crippen LogP contribution in [0.25, 0.3) is 21.3 Å². The Labute approximate surface area is 215 Å². The van der Waals surface area contributed by atoms with E-state index in [1.807, 2.05) is 0 Å². The number of carbonyl (C=O) groups is 2. The highest BCUT2D eigenvalue weighted by Gasteiger charge is 2.33. The van der Waals surface area contributed by atoms with Crippen LogP contribution in [0.1, 0.15) is 79.3 Å². The van der Waals surface area contributed by atoms with Crippen molar-refractivity contribution in [1.29, 1.82) is 0 Å². The molecule has 1 saturated carbocycles. The highest BCUT2D eigenvalue weighted by Crippen LogP contribution is 2.45. The van der Waals surface area contributed by atoms with Gasteiger partial charge in [0.15, 0.2) is 11.6 Å². The molecule has 1 unspecified atom stereocenters. The number of rotatable bonds is 4. The number of pyridine rings is 1. The number of carbonyl (C=O) groups excluding carboxylic acids is 1. The molecule has 11 heteroatoms. The summed E-state index contributed by atoms with van der Waals surface area (Å²) in [5.41, 5.74) is 3.39. The zero-order valence-corrected chi connectivity index (χ0v) is 21.4. The zero-order chi connectivity index (χ0) is 26.8. The fourth-order valence-corrected chi connectivity index (χ4v) is 6.15. The van der Waals surface area contributed by atoms with E-state index >= 15 is 8.78 Å². The number of carboxylic acids is 1. The summed E-state index contributed by atoms with van der Waals surface area (Å²) in [6.07, 6.45) is 4.00. The van der Waals surface area contributed by atoms with E-state index in [-0.39, 0.29) is 28.0 Å². The van der Waals surface area contributed by atoms with Gasteiger partial charge in [-0.05, 0) is 64.5 Å². The number of hydrogen-bond donors (Lipinski definition) is 3. The molecule has 1 aromatic carbocycles. The molecule has 0 saturated heterocycles. The van der Waals surface area contributed by atoms with Gasteiger partial charge in [-0.1, -0.05) is 0 Å². The highest BCUT2D eigenvalue weighted by molar-refractivity contribution is 7.15. The Morgan fingerprint density at radius 3 is 2.54 bits per heavy atom. The molecule has 1 fully saturated rings. The van der Waals surface area contributed by atoms with Crippen LogP contribution in [0.4, 0.5) is 19.3 Å². The molecule has 196 valence electrons. The van der Waals surface area contributed by atoms with Crippen LogP contribution in [0, 0.1) is 11.6 Å². The monoisotopic (exact) mass is 531 g/mol. The Bertz CT molecular complexity index is 1520. The third kappa shape index (κ3) is 4.45. The number of aromatic carboxylic acids is 1. The summed E-state index contributed by atoms with van der Waals surface area (Å²) in [5.74, 6) is -3.56. The lowest BCUT2D eigenvalue weighted by atomic mass is 9.93. The Hall–Kier alpha value is -3.47. The van der Waals surface area contributed by atoms with Crippen LogP contribution in [0.5, 0.6) is 0 Å². The molecule has 37 heavy (non-hydrogen) atoms. The number of alkyl carbamates (subject to hydrolysis) is 1. The average molecular weight is 532 g/mol. The lowest BCUT2D eigenvalue weighted by Crippen LogP contribution is -2.35. The van der Waals surface area contributed by atoms with Gasteiger partial charge >= 0.3 is 12.1 Å². The van der Waals surface area contributed by atoms with Gasteiger partial charge in [-0.25, -0.2) is 18.4 Å². The van der Waals surface area contributed by atoms with Gasteiger partial charge in [0.05, 0.1) is 28.2 Å². The Balaban J connectivity index is 1.65. The molecule has 4 N–H and O–H groups in total. The van der Waals surface area contributed by atoms with Gasteiger partial charge in [0.25, 0.3) is 0 Å². The number of thiophene rings is 1. The van der Waals surface area contributed by atoms with Crippen LogP contribution in [0.2, 0.25) is 0 Å². The number of anilines is 1. The van der Waals surface area contributed by atoms with Gasteiger partial charge in [-0.15, -0.1) is 11.3 Å². The van der Waals surface area contributed by atoms with E-state index in [1.54, 1.807) is 26.8 Å². The van der Waals surface area contributed by atoms with Crippen molar-refractivity contribution in [1.82, 2.24) is 9.88 Å². The van der Waals surface area contributed by atoms with E-state index < -0.39 is 51.4 Å². The van der Waals surface area contributed by atoms with Crippen molar-refractivity contribution < 1.29 is 28.2 Å². The number of benzene rings is 1. The van der Waals surface area contributed by atoms with Crippen LogP contribution in [0.15, 0.2) is 17.1 Å². The summed E-state index contributed by atoms with van der Waals surface area (Å²) in [7, 11) is 0. The number of fused-ring (bicyclic) bond motifs is 2. The van der Waals surface area contributed by atoms with Crippen LogP contribution in [0.3, 0.4) is 0 Å². The summed E-state index contributed by atoms with van der Waals surface area (Å²) in [6, 6.07) is 1.07. The maximum Gasteiger partial charge on any atom is 0.408 e. The Morgan fingerprint density at radius 2 is 1.92 bits per heavy atom. The zero-order valence-electron chi connectivity index (χ0n) is 20.6. The number of aromatic nitrogens is 1. The normalized spacial score (nSPS) is 17.5. The van der Waals surface area contributed by atoms with Crippen molar-refractivity contribution in [3.05, 3.63) is 50.1 Å². The van der Waals surface area contributed by atoms with Crippen molar-refractivity contribution in [2.24, 2.45) is 0 Å². The first-order valence-electron chi connectivity index (χ1n) is 12.1. The topological polar surface area (TPSA) is 124 Å². The van der Waals surface area contributed by atoms with E-state index in [4.69, 9.17) is 10.5 Å². The predicted molar refractivity (Wildman–Crippen MR) is 136 cm³/mol. The van der Waals surface area contributed by atoms with Gasteiger partial charge in [-0.3, -0.25) is 4.79 Å². The summed E-state index contributed by atoms with van der Waals surface area (Å²) >= 11 is 1.21. The molecule has 0 aliphatic heterocycles. The lowest BCUT2D eigenvalue weighted by molar-refractivity contribution is 0.0498. The molecule has 2 aliphatic rings. The van der Waals surface area contributed by atoms with Crippen molar-refractivity contribution in [2.45, 2.75) is 70.6 Å². The van der Waals surface area contributed by atoms with Crippen LogP contribution < -0.4 is 16.5 Å². The van der Waals surface area contributed by atoms with Gasteiger partial charge in [0, 0.05) is 22.0 Å². The number of nitrogen functional groups attached to an aromatic ring is 1. The van der Waals surface area contributed by atoms with Gasteiger partial charge in [-0.2, -0.15) is 0 Å². The van der Waals surface area contributed by atoms with E-state index in [1.165, 1.54) is 15.9 Å². The van der Waals surface area contributed by atoms with E-state index in [2.05, 4.69) is 5.32 Å². The number of nitrogens with two attached hydrogens (primary N) is 1. The van der Waals surface area contributed by atoms with Crippen molar-refractivity contribution in [3.63, 3.8) is 0 Å². The first kappa shape index (κ1) is 25.2. The molecule has 5 rings (SSSR count). The Kier molecular flexibility index (Phi) is 6.01. The molecular weight excluding hydrogens is 504 g/mol. The molecule has 1 atom stereocenters. The standard InChI is InChI=1S/C26H27F2N3O5S/c1-26(2,3)36-25(35)30-14-5-4-6-15-12(14)9-16(37-15)17-19(27)21(29)18-22(20(17)28)31(11-7-8-11)10-13(23(18)32)24(33)34/h9-11,14H,4-8,29H2,1-3H3,(H,30,35)(H,33,34). The summed E-state index contributed by atoms with van der Waals surface area (Å²) in [6.45, 7) is 5.29. The number of nitrogens with zero attached hydrogens (tertiary/aromatic N) is 1. The molecule has 0 spiro atoms. The quantitative estimate of drug-likeness (QED) is 0.381. The number of amides is 1. The SMILES string of the molecule is CC(C)(C)OC(=O)NC1CCCc2sc(-c3c(F)c(N)c4c(=O)c(C(=O)O)cn(C5CC5)c4c3F)cc21. The van der Waals surface area contributed by atoms with Crippen molar-refractivity contribution >= 4 is 40.0 Å². The van der Waals surface area contributed by atoms with E-state index in [9.17, 15) is 19.5 Å². The first-order valence-corrected chi connectivity index (χ1v) is 12.9. The molecule has 1 amide bonds. The maximum atomic E-state index is 16.1. The van der Waals surface area contributed by atoms with Gasteiger partial charge < -0.3 is 25.5 Å². The number of hydrogen-bond acceptors (Lipinski definition) is 6. The molecule has 0 bridgehead atoms. The second kappa shape index (κ2) is 8.83. The minimum atomic E-state index is -1.49.